The molecule has 0 aliphatic heterocycles. The Kier molecular flexibility index (Phi) is 8.30. The van der Waals surface area contributed by atoms with Gasteiger partial charge in [-0.25, -0.2) is 18.7 Å². The number of nitrogens with zero attached hydrogens (tertiary/aromatic N) is 2. The molecule has 0 spiro atoms. The van der Waals surface area contributed by atoms with Gasteiger partial charge in [-0.2, -0.15) is 13.2 Å². The van der Waals surface area contributed by atoms with Gasteiger partial charge in [0.05, 0.1) is 22.9 Å². The molecule has 35 heavy (non-hydrogen) atoms. The van der Waals surface area contributed by atoms with Crippen molar-refractivity contribution in [2.75, 3.05) is 0 Å². The monoisotopic (exact) mass is 498 g/mol. The molecule has 176 valence electrons. The topological polar surface area (TPSA) is 75.1 Å². The third kappa shape index (κ3) is 6.06. The van der Waals surface area contributed by atoms with Gasteiger partial charge < -0.3 is 14.6 Å². The largest absolute Gasteiger partial charge is 1.00 e. The summed E-state index contributed by atoms with van der Waals surface area (Å²) in [5.41, 5.74) is 0.0588. The number of benzene rings is 1. The standard InChI is InChI=1S/C24H17F5N2O3.Na/c25-15-8-7-13(19(26)10-15)12-34-22-18(9-14(11-30-22)24(27,28)29)16-3-1-4-17(16)20-5-2-6-21(31-20)23(32)33;/h2,5-11H,1,3-4,12H2,(H,32,33);/q;+1/p-1. The average Bonchev–Trinajstić information content (AvgIpc) is 3.27. The third-order valence-corrected chi connectivity index (χ3v) is 5.37. The molecule has 3 aromatic rings. The number of hydrogen-bond donors (Lipinski definition) is 0. The van der Waals surface area contributed by atoms with Crippen LogP contribution in [0.1, 0.15) is 52.1 Å². The number of hydrogen-bond acceptors (Lipinski definition) is 5. The first-order valence-corrected chi connectivity index (χ1v) is 10.2. The van der Waals surface area contributed by atoms with Crippen LogP contribution in [-0.4, -0.2) is 15.9 Å². The summed E-state index contributed by atoms with van der Waals surface area (Å²) in [7, 11) is 0. The zero-order chi connectivity index (χ0) is 24.5. The maximum absolute atomic E-state index is 14.0. The molecule has 1 aromatic carbocycles. The first-order chi connectivity index (χ1) is 16.1. The van der Waals surface area contributed by atoms with Crippen molar-refractivity contribution in [1.82, 2.24) is 9.97 Å². The molecule has 1 aliphatic rings. The third-order valence-electron chi connectivity index (χ3n) is 5.37. The van der Waals surface area contributed by atoms with Crippen molar-refractivity contribution >= 4 is 17.1 Å². The first-order valence-electron chi connectivity index (χ1n) is 10.2. The zero-order valence-corrected chi connectivity index (χ0v) is 20.5. The minimum absolute atomic E-state index is 0. The average molecular weight is 498 g/mol. The van der Waals surface area contributed by atoms with Crippen molar-refractivity contribution in [1.29, 1.82) is 0 Å². The van der Waals surface area contributed by atoms with Gasteiger partial charge >= 0.3 is 35.7 Å². The minimum atomic E-state index is -4.67. The van der Waals surface area contributed by atoms with Crippen LogP contribution in [-0.2, 0) is 12.8 Å². The molecule has 2 heterocycles. The van der Waals surface area contributed by atoms with Crippen LogP contribution in [0, 0.1) is 11.6 Å². The fourth-order valence-corrected chi connectivity index (χ4v) is 3.76. The maximum Gasteiger partial charge on any atom is 1.00 e. The molecule has 0 bridgehead atoms. The van der Waals surface area contributed by atoms with E-state index in [0.717, 1.165) is 12.1 Å². The van der Waals surface area contributed by atoms with Gasteiger partial charge in [-0.05, 0) is 60.7 Å². The number of aromatic nitrogens is 2. The summed E-state index contributed by atoms with van der Waals surface area (Å²) < 4.78 is 73.0. The zero-order valence-electron chi connectivity index (χ0n) is 18.5. The van der Waals surface area contributed by atoms with Crippen LogP contribution >= 0.6 is 0 Å². The number of allylic oxidation sites excluding steroid dienone is 2. The maximum atomic E-state index is 14.0. The molecule has 0 amide bonds. The van der Waals surface area contributed by atoms with Crippen LogP contribution in [0.25, 0.3) is 11.1 Å². The Bertz CT molecular complexity index is 1290. The summed E-state index contributed by atoms with van der Waals surface area (Å²) >= 11 is 0. The van der Waals surface area contributed by atoms with E-state index in [4.69, 9.17) is 4.74 Å². The molecule has 0 saturated carbocycles. The fraction of sp³-hybridized carbons (Fsp3) is 0.208. The van der Waals surface area contributed by atoms with Crippen molar-refractivity contribution < 1.29 is 66.1 Å². The van der Waals surface area contributed by atoms with Gasteiger partial charge in [-0.3, -0.25) is 0 Å². The quantitative estimate of drug-likeness (QED) is 0.383. The molecule has 2 aromatic heterocycles. The van der Waals surface area contributed by atoms with E-state index in [1.807, 2.05) is 0 Å². The van der Waals surface area contributed by atoms with Crippen molar-refractivity contribution in [3.8, 4) is 5.88 Å². The van der Waals surface area contributed by atoms with E-state index in [1.54, 1.807) is 6.07 Å². The molecule has 4 rings (SSSR count). The molecular weight excluding hydrogens is 482 g/mol. The van der Waals surface area contributed by atoms with Gasteiger partial charge in [-0.15, -0.1) is 0 Å². The van der Waals surface area contributed by atoms with Gasteiger partial charge in [0, 0.05) is 23.4 Å². The summed E-state index contributed by atoms with van der Waals surface area (Å²) in [5.74, 6) is -3.28. The molecule has 0 fully saturated rings. The predicted octanol–water partition coefficient (Wildman–Crippen LogP) is 1.81. The van der Waals surface area contributed by atoms with Crippen LogP contribution in [0.3, 0.4) is 0 Å². The molecule has 1 aliphatic carbocycles. The number of pyridine rings is 2. The first kappa shape index (κ1) is 26.8. The van der Waals surface area contributed by atoms with Crippen LogP contribution in [0.4, 0.5) is 22.0 Å². The molecule has 0 unspecified atom stereocenters. The van der Waals surface area contributed by atoms with E-state index in [1.165, 1.54) is 18.2 Å². The van der Waals surface area contributed by atoms with Crippen molar-refractivity contribution in [3.63, 3.8) is 0 Å². The number of ether oxygens (including phenoxy) is 1. The van der Waals surface area contributed by atoms with Crippen LogP contribution in [0.2, 0.25) is 0 Å². The summed E-state index contributed by atoms with van der Waals surface area (Å²) in [5, 5.41) is 11.2. The molecule has 0 radical (unpaired) electrons. The Balaban J connectivity index is 0.00000342. The second-order valence-corrected chi connectivity index (χ2v) is 7.61. The van der Waals surface area contributed by atoms with Gasteiger partial charge in [0.25, 0.3) is 0 Å². The number of halogens is 5. The Morgan fingerprint density at radius 1 is 1.06 bits per heavy atom. The number of carboxylic acids is 1. The SMILES string of the molecule is O=C([O-])c1cccc(C2=C(c3cc(C(F)(F)F)cnc3OCc3ccc(F)cc3F)CCC2)n1.[Na+]. The van der Waals surface area contributed by atoms with Gasteiger partial charge in [-0.1, -0.05) is 6.07 Å². The van der Waals surface area contributed by atoms with Gasteiger partial charge in [0.15, 0.2) is 0 Å². The normalized spacial score (nSPS) is 13.5. The van der Waals surface area contributed by atoms with E-state index in [0.29, 0.717) is 48.4 Å². The second kappa shape index (κ2) is 10.8. The van der Waals surface area contributed by atoms with E-state index < -0.39 is 36.0 Å². The number of carbonyl (C=O) groups is 1. The van der Waals surface area contributed by atoms with Gasteiger partial charge in [0.2, 0.25) is 5.88 Å². The van der Waals surface area contributed by atoms with E-state index in [2.05, 4.69) is 9.97 Å². The Labute approximate surface area is 219 Å². The summed E-state index contributed by atoms with van der Waals surface area (Å²) in [4.78, 5) is 19.1. The van der Waals surface area contributed by atoms with Crippen molar-refractivity contribution in [2.45, 2.75) is 32.0 Å². The van der Waals surface area contributed by atoms with Crippen molar-refractivity contribution in [3.05, 3.63) is 88.4 Å². The summed E-state index contributed by atoms with van der Waals surface area (Å²) in [6.07, 6.45) is -2.65. The number of aromatic carboxylic acids is 1. The molecule has 0 atom stereocenters. The molecular formula is C24H16F5N2NaO3. The Morgan fingerprint density at radius 3 is 2.49 bits per heavy atom. The Morgan fingerprint density at radius 2 is 1.80 bits per heavy atom. The van der Waals surface area contributed by atoms with E-state index in [-0.39, 0.29) is 52.3 Å². The molecule has 11 heteroatoms. The Hall–Kier alpha value is -2.82. The van der Waals surface area contributed by atoms with Crippen LogP contribution < -0.4 is 39.4 Å². The molecule has 0 N–H and O–H groups in total. The second-order valence-electron chi connectivity index (χ2n) is 7.61. The van der Waals surface area contributed by atoms with E-state index >= 15 is 0 Å². The molecule has 5 nitrogen and oxygen atoms in total. The van der Waals surface area contributed by atoms with Crippen molar-refractivity contribution in [2.24, 2.45) is 0 Å². The fourth-order valence-electron chi connectivity index (χ4n) is 3.76. The number of rotatable bonds is 6. The van der Waals surface area contributed by atoms with Gasteiger partial charge in [0.1, 0.15) is 18.2 Å². The predicted molar refractivity (Wildman–Crippen MR) is 109 cm³/mol. The van der Waals surface area contributed by atoms with E-state index in [9.17, 15) is 31.9 Å². The number of carbonyl (C=O) groups excluding carboxylic acids is 1. The van der Waals surface area contributed by atoms with Crippen LogP contribution in [0.5, 0.6) is 5.88 Å². The molecule has 0 saturated heterocycles. The number of carboxylic acid groups (broad SMARTS) is 1. The summed E-state index contributed by atoms with van der Waals surface area (Å²) in [6, 6.07) is 8.06. The smallest absolute Gasteiger partial charge is 0.543 e. The van der Waals surface area contributed by atoms with Crippen LogP contribution in [0.15, 0.2) is 48.7 Å². The summed E-state index contributed by atoms with van der Waals surface area (Å²) in [6.45, 7) is -0.390. The minimum Gasteiger partial charge on any atom is -0.543 e. The number of alkyl halides is 3.